The molecule has 20 heavy (non-hydrogen) atoms. The van der Waals surface area contributed by atoms with Crippen molar-refractivity contribution in [1.82, 2.24) is 10.2 Å². The largest absolute Gasteiger partial charge is 0.394 e. The molecule has 0 saturated heterocycles. The molecule has 0 spiro atoms. The standard InChI is InChI=1S/C17H36N2O/c1-6-9-18-17(13-20)8-7-16(10-17)19(11-14(2)3)12-15(4)5/h14-16,18,20H,6-13H2,1-5H3. The Kier molecular flexibility index (Phi) is 7.49. The van der Waals surface area contributed by atoms with Gasteiger partial charge in [-0.3, -0.25) is 4.90 Å². The molecule has 0 bridgehead atoms. The van der Waals surface area contributed by atoms with Crippen LogP contribution in [0.3, 0.4) is 0 Å². The van der Waals surface area contributed by atoms with Crippen LogP contribution in [-0.4, -0.2) is 47.8 Å². The molecule has 0 radical (unpaired) electrons. The van der Waals surface area contributed by atoms with Crippen molar-refractivity contribution >= 4 is 0 Å². The number of hydrogen-bond acceptors (Lipinski definition) is 3. The van der Waals surface area contributed by atoms with Crippen molar-refractivity contribution in [2.24, 2.45) is 11.8 Å². The maximum Gasteiger partial charge on any atom is 0.0613 e. The minimum atomic E-state index is -0.0209. The zero-order chi connectivity index (χ0) is 15.2. The van der Waals surface area contributed by atoms with Gasteiger partial charge >= 0.3 is 0 Å². The van der Waals surface area contributed by atoms with Gasteiger partial charge < -0.3 is 10.4 Å². The summed E-state index contributed by atoms with van der Waals surface area (Å²) in [5, 5.41) is 13.4. The Morgan fingerprint density at radius 3 is 2.25 bits per heavy atom. The van der Waals surface area contributed by atoms with E-state index in [-0.39, 0.29) is 12.1 Å². The molecule has 120 valence electrons. The molecule has 2 atom stereocenters. The summed E-state index contributed by atoms with van der Waals surface area (Å²) in [4.78, 5) is 2.67. The van der Waals surface area contributed by atoms with E-state index in [0.29, 0.717) is 17.9 Å². The molecule has 1 rings (SSSR count). The summed E-state index contributed by atoms with van der Waals surface area (Å²) >= 11 is 0. The number of aliphatic hydroxyl groups excluding tert-OH is 1. The van der Waals surface area contributed by atoms with Gasteiger partial charge in [0.1, 0.15) is 0 Å². The molecule has 1 aliphatic rings. The Balaban J connectivity index is 2.64. The van der Waals surface area contributed by atoms with Crippen LogP contribution in [0.2, 0.25) is 0 Å². The lowest BCUT2D eigenvalue weighted by Gasteiger charge is -2.34. The van der Waals surface area contributed by atoms with Crippen molar-refractivity contribution in [3.8, 4) is 0 Å². The van der Waals surface area contributed by atoms with E-state index in [4.69, 9.17) is 0 Å². The van der Waals surface area contributed by atoms with Crippen molar-refractivity contribution < 1.29 is 5.11 Å². The van der Waals surface area contributed by atoms with Crippen molar-refractivity contribution in [3.05, 3.63) is 0 Å². The third kappa shape index (κ3) is 5.34. The Bertz CT molecular complexity index is 258. The maximum atomic E-state index is 9.83. The highest BCUT2D eigenvalue weighted by Gasteiger charge is 2.40. The molecule has 3 nitrogen and oxygen atoms in total. The van der Waals surface area contributed by atoms with Crippen LogP contribution in [0.15, 0.2) is 0 Å². The third-order valence-electron chi connectivity index (χ3n) is 4.35. The van der Waals surface area contributed by atoms with E-state index in [1.165, 1.54) is 19.5 Å². The lowest BCUT2D eigenvalue weighted by molar-refractivity contribution is 0.127. The molecular weight excluding hydrogens is 248 g/mol. The summed E-state index contributed by atoms with van der Waals surface area (Å²) in [6.45, 7) is 15.1. The molecule has 1 fully saturated rings. The van der Waals surface area contributed by atoms with Crippen LogP contribution in [0.1, 0.15) is 60.3 Å². The minimum Gasteiger partial charge on any atom is -0.394 e. The molecule has 0 aliphatic heterocycles. The van der Waals surface area contributed by atoms with Crippen molar-refractivity contribution in [1.29, 1.82) is 0 Å². The van der Waals surface area contributed by atoms with Crippen LogP contribution >= 0.6 is 0 Å². The molecule has 0 aromatic carbocycles. The van der Waals surface area contributed by atoms with Crippen molar-refractivity contribution in [3.63, 3.8) is 0 Å². The van der Waals surface area contributed by atoms with Crippen LogP contribution < -0.4 is 5.32 Å². The zero-order valence-corrected chi connectivity index (χ0v) is 14.3. The van der Waals surface area contributed by atoms with Gasteiger partial charge in [0, 0.05) is 24.7 Å². The molecule has 0 heterocycles. The van der Waals surface area contributed by atoms with E-state index in [0.717, 1.165) is 25.8 Å². The van der Waals surface area contributed by atoms with Crippen molar-refractivity contribution in [2.75, 3.05) is 26.2 Å². The highest BCUT2D eigenvalue weighted by atomic mass is 16.3. The average Bonchev–Trinajstić information content (AvgIpc) is 2.79. The number of hydrogen-bond donors (Lipinski definition) is 2. The van der Waals surface area contributed by atoms with Gasteiger partial charge in [0.25, 0.3) is 0 Å². The van der Waals surface area contributed by atoms with E-state index in [1.807, 2.05) is 0 Å². The van der Waals surface area contributed by atoms with Gasteiger partial charge in [-0.15, -0.1) is 0 Å². The maximum absolute atomic E-state index is 9.83. The predicted octanol–water partition coefficient (Wildman–Crippen LogP) is 2.88. The molecular formula is C17H36N2O. The second-order valence-corrected chi connectivity index (χ2v) is 7.50. The SMILES string of the molecule is CCCNC1(CO)CCC(N(CC(C)C)CC(C)C)C1. The fraction of sp³-hybridized carbons (Fsp3) is 1.00. The Morgan fingerprint density at radius 2 is 1.80 bits per heavy atom. The molecule has 0 aromatic rings. The topological polar surface area (TPSA) is 35.5 Å². The summed E-state index contributed by atoms with van der Waals surface area (Å²) in [5.74, 6) is 1.42. The van der Waals surface area contributed by atoms with E-state index >= 15 is 0 Å². The highest BCUT2D eigenvalue weighted by Crippen LogP contribution is 2.33. The lowest BCUT2D eigenvalue weighted by atomic mass is 9.97. The molecule has 0 amide bonds. The summed E-state index contributed by atoms with van der Waals surface area (Å²) < 4.78 is 0. The number of nitrogens with one attached hydrogen (secondary N) is 1. The Labute approximate surface area is 126 Å². The van der Waals surface area contributed by atoms with Crippen LogP contribution in [-0.2, 0) is 0 Å². The van der Waals surface area contributed by atoms with Crippen molar-refractivity contribution in [2.45, 2.75) is 71.9 Å². The number of aliphatic hydroxyl groups is 1. The first kappa shape index (κ1) is 17.9. The average molecular weight is 284 g/mol. The Hall–Kier alpha value is -0.120. The predicted molar refractivity (Wildman–Crippen MR) is 87.0 cm³/mol. The van der Waals surface area contributed by atoms with Gasteiger partial charge in [-0.05, 0) is 44.1 Å². The summed E-state index contributed by atoms with van der Waals surface area (Å²) in [6.07, 6.45) is 4.56. The molecule has 2 unspecified atom stereocenters. The fourth-order valence-electron chi connectivity index (χ4n) is 3.47. The second-order valence-electron chi connectivity index (χ2n) is 7.50. The second kappa shape index (κ2) is 8.35. The van der Waals surface area contributed by atoms with Crippen LogP contribution in [0, 0.1) is 11.8 Å². The van der Waals surface area contributed by atoms with E-state index in [2.05, 4.69) is 44.8 Å². The zero-order valence-electron chi connectivity index (χ0n) is 14.3. The van der Waals surface area contributed by atoms with Gasteiger partial charge in [-0.2, -0.15) is 0 Å². The molecule has 0 aromatic heterocycles. The Morgan fingerprint density at radius 1 is 1.20 bits per heavy atom. The quantitative estimate of drug-likeness (QED) is 0.683. The highest BCUT2D eigenvalue weighted by molar-refractivity contribution is 4.99. The van der Waals surface area contributed by atoms with E-state index in [1.54, 1.807) is 0 Å². The number of rotatable bonds is 9. The first-order valence-electron chi connectivity index (χ1n) is 8.52. The fourth-order valence-corrected chi connectivity index (χ4v) is 3.47. The summed E-state index contributed by atoms with van der Waals surface area (Å²) in [6, 6.07) is 0.635. The molecule has 1 saturated carbocycles. The number of nitrogens with zero attached hydrogens (tertiary/aromatic N) is 1. The monoisotopic (exact) mass is 284 g/mol. The van der Waals surface area contributed by atoms with Gasteiger partial charge in [-0.25, -0.2) is 0 Å². The third-order valence-corrected chi connectivity index (χ3v) is 4.35. The van der Waals surface area contributed by atoms with Gasteiger partial charge in [-0.1, -0.05) is 34.6 Å². The smallest absolute Gasteiger partial charge is 0.0613 e. The lowest BCUT2D eigenvalue weighted by Crippen LogP contribution is -2.49. The van der Waals surface area contributed by atoms with Crippen LogP contribution in [0.4, 0.5) is 0 Å². The summed E-state index contributed by atoms with van der Waals surface area (Å²) in [7, 11) is 0. The first-order valence-corrected chi connectivity index (χ1v) is 8.52. The molecule has 1 aliphatic carbocycles. The minimum absolute atomic E-state index is 0.0209. The van der Waals surface area contributed by atoms with Crippen LogP contribution in [0.25, 0.3) is 0 Å². The van der Waals surface area contributed by atoms with Gasteiger partial charge in [0.15, 0.2) is 0 Å². The van der Waals surface area contributed by atoms with E-state index in [9.17, 15) is 5.11 Å². The normalized spacial score (nSPS) is 27.1. The first-order chi connectivity index (χ1) is 9.42. The van der Waals surface area contributed by atoms with Crippen LogP contribution in [0.5, 0.6) is 0 Å². The van der Waals surface area contributed by atoms with Gasteiger partial charge in [0.2, 0.25) is 0 Å². The van der Waals surface area contributed by atoms with Gasteiger partial charge in [0.05, 0.1) is 6.61 Å². The molecule has 3 heteroatoms. The van der Waals surface area contributed by atoms with E-state index < -0.39 is 0 Å². The molecule has 2 N–H and O–H groups in total. The summed E-state index contributed by atoms with van der Waals surface area (Å²) in [5.41, 5.74) is -0.0209.